The van der Waals surface area contributed by atoms with Crippen LogP contribution in [0, 0.1) is 5.92 Å². The molecule has 1 fully saturated rings. The van der Waals surface area contributed by atoms with Crippen LogP contribution in [-0.2, 0) is 0 Å². The second kappa shape index (κ2) is 3.57. The fraction of sp³-hybridized carbons (Fsp3) is 0.625. The predicted molar refractivity (Wildman–Crippen MR) is 55.2 cm³/mol. The Balaban J connectivity index is 2.12. The zero-order valence-corrected chi connectivity index (χ0v) is 8.70. The number of hydrogen-bond donors (Lipinski definition) is 1. The number of nitrogens with zero attached hydrogens (tertiary/aromatic N) is 4. The maximum absolute atomic E-state index is 5.68. The summed E-state index contributed by atoms with van der Waals surface area (Å²) in [4.78, 5) is 13.7. The van der Waals surface area contributed by atoms with E-state index in [1.165, 1.54) is 12.8 Å². The maximum Gasteiger partial charge on any atom is 0.231 e. The van der Waals surface area contributed by atoms with Gasteiger partial charge in [-0.3, -0.25) is 0 Å². The Morgan fingerprint density at radius 3 is 2.71 bits per heavy atom. The van der Waals surface area contributed by atoms with Crippen molar-refractivity contribution in [3.8, 4) is 0 Å². The van der Waals surface area contributed by atoms with Crippen LogP contribution in [0.25, 0.3) is 0 Å². The van der Waals surface area contributed by atoms with E-state index in [2.05, 4.69) is 15.0 Å². The summed E-state index contributed by atoms with van der Waals surface area (Å²) in [6.07, 6.45) is 2.58. The number of rotatable bonds is 3. The van der Waals surface area contributed by atoms with Gasteiger partial charge in [0.1, 0.15) is 0 Å². The molecular formula is C8H12ClN5. The molecule has 6 heteroatoms. The molecule has 0 aliphatic heterocycles. The van der Waals surface area contributed by atoms with Gasteiger partial charge in [0.15, 0.2) is 0 Å². The summed E-state index contributed by atoms with van der Waals surface area (Å²) < 4.78 is 0. The Kier molecular flexibility index (Phi) is 2.41. The molecule has 0 unspecified atom stereocenters. The topological polar surface area (TPSA) is 67.9 Å². The molecule has 0 amide bonds. The van der Waals surface area contributed by atoms with Crippen LogP contribution in [0.1, 0.15) is 12.8 Å². The van der Waals surface area contributed by atoms with Crippen LogP contribution >= 0.6 is 11.6 Å². The molecule has 2 rings (SSSR count). The standard InChI is InChI=1S/C8H12ClN5/c1-14(4-5-2-3-5)8-12-6(9)11-7(10)13-8/h5H,2-4H2,1H3,(H2,10,11,12,13). The Morgan fingerprint density at radius 1 is 1.43 bits per heavy atom. The van der Waals surface area contributed by atoms with E-state index in [1.54, 1.807) is 0 Å². The minimum atomic E-state index is 0.148. The summed E-state index contributed by atoms with van der Waals surface area (Å²) in [5, 5.41) is 0.148. The van der Waals surface area contributed by atoms with Crippen molar-refractivity contribution in [2.45, 2.75) is 12.8 Å². The van der Waals surface area contributed by atoms with Crippen molar-refractivity contribution in [1.82, 2.24) is 15.0 Å². The third kappa shape index (κ3) is 2.23. The first kappa shape index (κ1) is 9.45. The molecule has 0 atom stereocenters. The Morgan fingerprint density at radius 2 is 2.14 bits per heavy atom. The SMILES string of the molecule is CN(CC1CC1)c1nc(N)nc(Cl)n1. The molecule has 14 heavy (non-hydrogen) atoms. The molecule has 1 saturated carbocycles. The van der Waals surface area contributed by atoms with E-state index in [0.29, 0.717) is 5.95 Å². The van der Waals surface area contributed by atoms with Gasteiger partial charge < -0.3 is 10.6 Å². The molecule has 1 aromatic heterocycles. The van der Waals surface area contributed by atoms with Crippen molar-refractivity contribution >= 4 is 23.5 Å². The molecule has 1 aliphatic rings. The van der Waals surface area contributed by atoms with E-state index in [4.69, 9.17) is 17.3 Å². The van der Waals surface area contributed by atoms with Crippen LogP contribution in [0.2, 0.25) is 5.28 Å². The molecule has 0 spiro atoms. The van der Waals surface area contributed by atoms with E-state index < -0.39 is 0 Å². The average molecular weight is 214 g/mol. The number of aromatic nitrogens is 3. The third-order valence-corrected chi connectivity index (χ3v) is 2.35. The Labute approximate surface area is 87.3 Å². The lowest BCUT2D eigenvalue weighted by molar-refractivity contribution is 0.761. The van der Waals surface area contributed by atoms with Gasteiger partial charge in [-0.1, -0.05) is 0 Å². The first-order chi connectivity index (χ1) is 6.65. The van der Waals surface area contributed by atoms with Crippen molar-refractivity contribution in [2.24, 2.45) is 5.92 Å². The molecule has 0 bridgehead atoms. The second-order valence-corrected chi connectivity index (χ2v) is 3.92. The first-order valence-corrected chi connectivity index (χ1v) is 4.91. The summed E-state index contributed by atoms with van der Waals surface area (Å²) in [5.41, 5.74) is 5.47. The maximum atomic E-state index is 5.68. The highest BCUT2D eigenvalue weighted by molar-refractivity contribution is 6.28. The normalized spacial score (nSPS) is 15.6. The predicted octanol–water partition coefficient (Wildman–Crippen LogP) is 0.953. The summed E-state index contributed by atoms with van der Waals surface area (Å²) in [6.45, 7) is 0.958. The van der Waals surface area contributed by atoms with Crippen molar-refractivity contribution in [2.75, 3.05) is 24.2 Å². The Hall–Kier alpha value is -1.10. The van der Waals surface area contributed by atoms with E-state index >= 15 is 0 Å². The summed E-state index contributed by atoms with van der Waals surface area (Å²) >= 11 is 5.68. The lowest BCUT2D eigenvalue weighted by Crippen LogP contribution is -2.23. The molecule has 2 N–H and O–H groups in total. The van der Waals surface area contributed by atoms with Gasteiger partial charge in [0.05, 0.1) is 0 Å². The average Bonchev–Trinajstić information content (AvgIpc) is 2.86. The van der Waals surface area contributed by atoms with Gasteiger partial charge in [-0.15, -0.1) is 0 Å². The van der Waals surface area contributed by atoms with Crippen molar-refractivity contribution in [3.63, 3.8) is 0 Å². The monoisotopic (exact) mass is 213 g/mol. The van der Waals surface area contributed by atoms with Crippen LogP contribution in [0.5, 0.6) is 0 Å². The van der Waals surface area contributed by atoms with E-state index in [0.717, 1.165) is 12.5 Å². The number of halogens is 1. The highest BCUT2D eigenvalue weighted by Crippen LogP contribution is 2.30. The lowest BCUT2D eigenvalue weighted by Gasteiger charge is -2.16. The molecule has 76 valence electrons. The van der Waals surface area contributed by atoms with Crippen LogP contribution in [0.15, 0.2) is 0 Å². The van der Waals surface area contributed by atoms with Gasteiger partial charge in [-0.2, -0.15) is 15.0 Å². The van der Waals surface area contributed by atoms with Crippen LogP contribution < -0.4 is 10.6 Å². The van der Waals surface area contributed by atoms with E-state index in [1.807, 2.05) is 11.9 Å². The van der Waals surface area contributed by atoms with Gasteiger partial charge in [-0.05, 0) is 30.4 Å². The minimum Gasteiger partial charge on any atom is -0.368 e. The summed E-state index contributed by atoms with van der Waals surface area (Å²) in [6, 6.07) is 0. The molecule has 0 radical (unpaired) electrons. The molecule has 1 aliphatic carbocycles. The van der Waals surface area contributed by atoms with Crippen molar-refractivity contribution in [1.29, 1.82) is 0 Å². The first-order valence-electron chi connectivity index (χ1n) is 4.53. The lowest BCUT2D eigenvalue weighted by atomic mass is 10.4. The third-order valence-electron chi connectivity index (χ3n) is 2.18. The highest BCUT2D eigenvalue weighted by Gasteiger charge is 2.24. The summed E-state index contributed by atoms with van der Waals surface area (Å²) in [7, 11) is 1.93. The van der Waals surface area contributed by atoms with Crippen LogP contribution in [0.4, 0.5) is 11.9 Å². The fourth-order valence-corrected chi connectivity index (χ4v) is 1.46. The minimum absolute atomic E-state index is 0.148. The molecular weight excluding hydrogens is 202 g/mol. The van der Waals surface area contributed by atoms with Crippen LogP contribution in [-0.4, -0.2) is 28.5 Å². The van der Waals surface area contributed by atoms with Gasteiger partial charge in [-0.25, -0.2) is 0 Å². The van der Waals surface area contributed by atoms with E-state index in [-0.39, 0.29) is 11.2 Å². The highest BCUT2D eigenvalue weighted by atomic mass is 35.5. The largest absolute Gasteiger partial charge is 0.368 e. The van der Waals surface area contributed by atoms with Crippen molar-refractivity contribution in [3.05, 3.63) is 5.28 Å². The number of nitrogen functional groups attached to an aromatic ring is 1. The van der Waals surface area contributed by atoms with E-state index in [9.17, 15) is 0 Å². The van der Waals surface area contributed by atoms with Gasteiger partial charge >= 0.3 is 0 Å². The molecule has 1 heterocycles. The smallest absolute Gasteiger partial charge is 0.231 e. The molecule has 0 aromatic carbocycles. The molecule has 0 saturated heterocycles. The molecule has 5 nitrogen and oxygen atoms in total. The number of hydrogen-bond acceptors (Lipinski definition) is 5. The fourth-order valence-electron chi connectivity index (χ4n) is 1.29. The van der Waals surface area contributed by atoms with Crippen LogP contribution in [0.3, 0.4) is 0 Å². The Bertz CT molecular complexity index is 318. The zero-order chi connectivity index (χ0) is 10.1. The number of nitrogens with two attached hydrogens (primary N) is 1. The quantitative estimate of drug-likeness (QED) is 0.810. The molecule has 1 aromatic rings. The summed E-state index contributed by atoms with van der Waals surface area (Å²) in [5.74, 6) is 1.49. The van der Waals surface area contributed by atoms with Gasteiger partial charge in [0, 0.05) is 13.6 Å². The van der Waals surface area contributed by atoms with Crippen molar-refractivity contribution < 1.29 is 0 Å². The zero-order valence-electron chi connectivity index (χ0n) is 7.94. The van der Waals surface area contributed by atoms with Gasteiger partial charge in [0.25, 0.3) is 0 Å². The second-order valence-electron chi connectivity index (χ2n) is 3.59. The number of anilines is 2. The van der Waals surface area contributed by atoms with Gasteiger partial charge in [0.2, 0.25) is 17.2 Å².